The summed E-state index contributed by atoms with van der Waals surface area (Å²) in [4.78, 5) is 24.9. The number of likely N-dealkylation sites (tertiary alicyclic amines) is 1. The van der Waals surface area contributed by atoms with Crippen LogP contribution in [0.1, 0.15) is 27.2 Å². The van der Waals surface area contributed by atoms with Gasteiger partial charge in [-0.25, -0.2) is 0 Å². The second kappa shape index (κ2) is 4.61. The van der Waals surface area contributed by atoms with Crippen LogP contribution in [0, 0.1) is 0 Å². The van der Waals surface area contributed by atoms with Crippen molar-refractivity contribution in [2.24, 2.45) is 5.73 Å². The Morgan fingerprint density at radius 2 is 2.13 bits per heavy atom. The summed E-state index contributed by atoms with van der Waals surface area (Å²) in [6.45, 7) is 6.25. The lowest BCUT2D eigenvalue weighted by Crippen LogP contribution is -2.48. The summed E-state index contributed by atoms with van der Waals surface area (Å²) in [6, 6.07) is -0.758. The molecule has 0 aromatic heterocycles. The number of hydrogen-bond acceptors (Lipinski definition) is 3. The molecule has 0 aromatic rings. The molecule has 15 heavy (non-hydrogen) atoms. The Bertz CT molecular complexity index is 263. The molecule has 5 heteroatoms. The van der Waals surface area contributed by atoms with Gasteiger partial charge in [0, 0.05) is 12.6 Å². The molecule has 2 atom stereocenters. The molecule has 5 nitrogen and oxygen atoms in total. The Labute approximate surface area is 90.0 Å². The molecule has 0 aliphatic carbocycles. The van der Waals surface area contributed by atoms with E-state index in [9.17, 15) is 9.59 Å². The zero-order valence-electron chi connectivity index (χ0n) is 9.49. The Morgan fingerprint density at radius 1 is 1.53 bits per heavy atom. The number of rotatable bonds is 3. The van der Waals surface area contributed by atoms with E-state index in [1.54, 1.807) is 11.8 Å². The number of amides is 2. The van der Waals surface area contributed by atoms with Crippen molar-refractivity contribution in [3.05, 3.63) is 0 Å². The Kier molecular flexibility index (Phi) is 3.68. The van der Waals surface area contributed by atoms with Gasteiger partial charge in [-0.15, -0.1) is 0 Å². The smallest absolute Gasteiger partial charge is 0.245 e. The number of carbonyl (C=O) groups is 2. The highest BCUT2D eigenvalue weighted by molar-refractivity contribution is 5.90. The van der Waals surface area contributed by atoms with Gasteiger partial charge in [0.05, 0.1) is 6.04 Å². The van der Waals surface area contributed by atoms with E-state index in [1.807, 2.05) is 13.8 Å². The molecular formula is C10H19N3O2. The van der Waals surface area contributed by atoms with E-state index in [2.05, 4.69) is 5.32 Å². The van der Waals surface area contributed by atoms with Crippen LogP contribution in [0.4, 0.5) is 0 Å². The fourth-order valence-corrected chi connectivity index (χ4v) is 1.65. The third kappa shape index (κ3) is 2.68. The van der Waals surface area contributed by atoms with E-state index in [4.69, 9.17) is 5.73 Å². The Morgan fingerprint density at radius 3 is 2.53 bits per heavy atom. The van der Waals surface area contributed by atoms with E-state index in [1.165, 1.54) is 0 Å². The van der Waals surface area contributed by atoms with Gasteiger partial charge >= 0.3 is 0 Å². The van der Waals surface area contributed by atoms with Crippen molar-refractivity contribution in [2.45, 2.75) is 45.3 Å². The van der Waals surface area contributed by atoms with Crippen LogP contribution < -0.4 is 11.1 Å². The van der Waals surface area contributed by atoms with Gasteiger partial charge < -0.3 is 16.0 Å². The van der Waals surface area contributed by atoms with Crippen molar-refractivity contribution in [1.29, 1.82) is 0 Å². The summed E-state index contributed by atoms with van der Waals surface area (Å²) in [5.41, 5.74) is 5.42. The van der Waals surface area contributed by atoms with Crippen molar-refractivity contribution < 1.29 is 9.59 Å². The van der Waals surface area contributed by atoms with Gasteiger partial charge in [-0.05, 0) is 27.2 Å². The molecule has 0 aromatic carbocycles. The summed E-state index contributed by atoms with van der Waals surface area (Å²) in [5.74, 6) is -0.266. The molecule has 1 aliphatic heterocycles. The average Bonchev–Trinajstić information content (AvgIpc) is 2.48. The number of carbonyl (C=O) groups excluding carboxylic acids is 2. The van der Waals surface area contributed by atoms with E-state index in [0.29, 0.717) is 13.0 Å². The summed E-state index contributed by atoms with van der Waals surface area (Å²) in [6.07, 6.45) is 0.676. The third-order valence-corrected chi connectivity index (χ3v) is 2.59. The minimum absolute atomic E-state index is 0.000926. The van der Waals surface area contributed by atoms with Crippen molar-refractivity contribution in [2.75, 3.05) is 6.54 Å². The standard InChI is InChI=1S/C10H19N3O2/c1-6(2)13-5-4-8(10(13)15)12-9(14)7(3)11/h6-8H,4-5,11H2,1-3H3,(H,12,14)/t7-,8?/m0/s1. The fraction of sp³-hybridized carbons (Fsp3) is 0.800. The third-order valence-electron chi connectivity index (χ3n) is 2.59. The van der Waals surface area contributed by atoms with Crippen LogP contribution in [0.25, 0.3) is 0 Å². The van der Waals surface area contributed by atoms with Crippen LogP contribution in [-0.2, 0) is 9.59 Å². The minimum atomic E-state index is -0.564. The van der Waals surface area contributed by atoms with Gasteiger partial charge in [0.2, 0.25) is 11.8 Å². The maximum absolute atomic E-state index is 11.8. The molecule has 1 heterocycles. The molecule has 0 radical (unpaired) electrons. The molecule has 1 rings (SSSR count). The van der Waals surface area contributed by atoms with Crippen molar-refractivity contribution in [3.8, 4) is 0 Å². The first-order valence-electron chi connectivity index (χ1n) is 5.30. The molecule has 2 amide bonds. The predicted molar refractivity (Wildman–Crippen MR) is 57.0 cm³/mol. The maximum Gasteiger partial charge on any atom is 0.245 e. The molecule has 0 bridgehead atoms. The largest absolute Gasteiger partial charge is 0.343 e. The number of hydrogen-bond donors (Lipinski definition) is 2. The van der Waals surface area contributed by atoms with Crippen molar-refractivity contribution in [1.82, 2.24) is 10.2 Å². The monoisotopic (exact) mass is 213 g/mol. The normalized spacial score (nSPS) is 23.4. The zero-order chi connectivity index (χ0) is 11.6. The van der Waals surface area contributed by atoms with Crippen LogP contribution in [0.15, 0.2) is 0 Å². The van der Waals surface area contributed by atoms with Crippen LogP contribution in [0.2, 0.25) is 0 Å². The SMILES string of the molecule is CC(C)N1CCC(NC(=O)[C@H](C)N)C1=O. The summed E-state index contributed by atoms with van der Waals surface area (Å²) in [7, 11) is 0. The quantitative estimate of drug-likeness (QED) is 0.661. The molecule has 1 fully saturated rings. The van der Waals surface area contributed by atoms with Gasteiger partial charge in [0.25, 0.3) is 0 Å². The highest BCUT2D eigenvalue weighted by Gasteiger charge is 2.34. The van der Waals surface area contributed by atoms with Gasteiger partial charge in [-0.3, -0.25) is 9.59 Å². The topological polar surface area (TPSA) is 75.4 Å². The van der Waals surface area contributed by atoms with Crippen LogP contribution in [-0.4, -0.2) is 41.4 Å². The van der Waals surface area contributed by atoms with Crippen LogP contribution >= 0.6 is 0 Å². The number of nitrogens with one attached hydrogen (secondary N) is 1. The van der Waals surface area contributed by atoms with E-state index in [0.717, 1.165) is 0 Å². The summed E-state index contributed by atoms with van der Waals surface area (Å²) in [5, 5.41) is 2.66. The van der Waals surface area contributed by atoms with E-state index < -0.39 is 6.04 Å². The first-order chi connectivity index (χ1) is 6.93. The van der Waals surface area contributed by atoms with Gasteiger partial charge in [0.15, 0.2) is 0 Å². The highest BCUT2D eigenvalue weighted by Crippen LogP contribution is 2.14. The highest BCUT2D eigenvalue weighted by atomic mass is 16.2. The molecule has 3 N–H and O–H groups in total. The lowest BCUT2D eigenvalue weighted by Gasteiger charge is -2.21. The fourth-order valence-electron chi connectivity index (χ4n) is 1.65. The van der Waals surface area contributed by atoms with Gasteiger partial charge in [-0.1, -0.05) is 0 Å². The van der Waals surface area contributed by atoms with Gasteiger partial charge in [0.1, 0.15) is 6.04 Å². The number of nitrogens with zero attached hydrogens (tertiary/aromatic N) is 1. The second-order valence-electron chi connectivity index (χ2n) is 4.26. The molecule has 1 saturated heterocycles. The second-order valence-corrected chi connectivity index (χ2v) is 4.26. The molecule has 1 unspecified atom stereocenters. The van der Waals surface area contributed by atoms with Crippen LogP contribution in [0.3, 0.4) is 0 Å². The molecule has 1 aliphatic rings. The lowest BCUT2D eigenvalue weighted by atomic mass is 10.2. The average molecular weight is 213 g/mol. The molecule has 0 saturated carbocycles. The van der Waals surface area contributed by atoms with Crippen molar-refractivity contribution >= 4 is 11.8 Å². The molecule has 86 valence electrons. The Hall–Kier alpha value is -1.10. The predicted octanol–water partition coefficient (Wildman–Crippen LogP) is -0.541. The molecular weight excluding hydrogens is 194 g/mol. The van der Waals surface area contributed by atoms with Crippen molar-refractivity contribution in [3.63, 3.8) is 0 Å². The first kappa shape index (κ1) is 12.0. The minimum Gasteiger partial charge on any atom is -0.343 e. The number of nitrogens with two attached hydrogens (primary N) is 1. The van der Waals surface area contributed by atoms with Crippen LogP contribution in [0.5, 0.6) is 0 Å². The summed E-state index contributed by atoms with van der Waals surface area (Å²) >= 11 is 0. The molecule has 0 spiro atoms. The van der Waals surface area contributed by atoms with E-state index in [-0.39, 0.29) is 23.9 Å². The first-order valence-corrected chi connectivity index (χ1v) is 5.30. The zero-order valence-corrected chi connectivity index (χ0v) is 9.49. The Balaban J connectivity index is 2.53. The van der Waals surface area contributed by atoms with Gasteiger partial charge in [-0.2, -0.15) is 0 Å². The summed E-state index contributed by atoms with van der Waals surface area (Å²) < 4.78 is 0. The lowest BCUT2D eigenvalue weighted by molar-refractivity contribution is -0.133. The maximum atomic E-state index is 11.8. The van der Waals surface area contributed by atoms with E-state index >= 15 is 0 Å².